The number of amides is 1. The molecule has 100 valence electrons. The maximum atomic E-state index is 12.0. The Morgan fingerprint density at radius 2 is 2.00 bits per heavy atom. The molecule has 0 saturated heterocycles. The van der Waals surface area contributed by atoms with Gasteiger partial charge < -0.3 is 15.0 Å². The summed E-state index contributed by atoms with van der Waals surface area (Å²) in [5.41, 5.74) is 1.68. The van der Waals surface area contributed by atoms with Crippen LogP contribution >= 0.6 is 0 Å². The maximum absolute atomic E-state index is 12.0. The molecule has 0 saturated carbocycles. The van der Waals surface area contributed by atoms with Crippen molar-refractivity contribution in [1.29, 1.82) is 0 Å². The minimum Gasteiger partial charge on any atom is -0.394 e. The summed E-state index contributed by atoms with van der Waals surface area (Å²) in [4.78, 5) is 12.0. The number of hydrogen-bond acceptors (Lipinski definition) is 2. The average Bonchev–Trinajstić information content (AvgIpc) is 2.85. The summed E-state index contributed by atoms with van der Waals surface area (Å²) in [5.74, 6) is -0.164. The standard InChI is InChI=1S/C15H18N2O2/c1-17-9-5-8-14(17)15(19)16-13(11-18)10-12-6-3-2-4-7-12/h2-9,13,18H,10-11H2,1H3,(H,16,19)/t13-/m1/s1. The highest BCUT2D eigenvalue weighted by molar-refractivity contribution is 5.92. The molecule has 2 rings (SSSR count). The van der Waals surface area contributed by atoms with Crippen LogP contribution in [-0.4, -0.2) is 28.2 Å². The van der Waals surface area contributed by atoms with Crippen molar-refractivity contribution in [1.82, 2.24) is 9.88 Å². The predicted molar refractivity (Wildman–Crippen MR) is 73.9 cm³/mol. The van der Waals surface area contributed by atoms with Gasteiger partial charge in [-0.1, -0.05) is 30.3 Å². The molecular formula is C15H18N2O2. The molecule has 0 aliphatic carbocycles. The lowest BCUT2D eigenvalue weighted by molar-refractivity contribution is 0.0908. The summed E-state index contributed by atoms with van der Waals surface area (Å²) in [6.07, 6.45) is 2.44. The molecule has 1 aromatic heterocycles. The van der Waals surface area contributed by atoms with Crippen molar-refractivity contribution < 1.29 is 9.90 Å². The Balaban J connectivity index is 2.00. The molecule has 0 radical (unpaired) electrons. The van der Waals surface area contributed by atoms with Crippen LogP contribution in [0.15, 0.2) is 48.7 Å². The van der Waals surface area contributed by atoms with E-state index in [0.29, 0.717) is 12.1 Å². The molecule has 0 bridgehead atoms. The Bertz CT molecular complexity index is 534. The monoisotopic (exact) mass is 258 g/mol. The van der Waals surface area contributed by atoms with Crippen LogP contribution in [-0.2, 0) is 13.5 Å². The van der Waals surface area contributed by atoms with E-state index < -0.39 is 0 Å². The van der Waals surface area contributed by atoms with Gasteiger partial charge in [0, 0.05) is 13.2 Å². The zero-order valence-electron chi connectivity index (χ0n) is 10.9. The van der Waals surface area contributed by atoms with Crippen molar-refractivity contribution in [2.24, 2.45) is 7.05 Å². The smallest absolute Gasteiger partial charge is 0.268 e. The number of aliphatic hydroxyl groups is 1. The summed E-state index contributed by atoms with van der Waals surface area (Å²) < 4.78 is 1.76. The van der Waals surface area contributed by atoms with E-state index in [9.17, 15) is 9.90 Å². The molecule has 1 atom stereocenters. The van der Waals surface area contributed by atoms with Crippen LogP contribution in [0.1, 0.15) is 16.1 Å². The summed E-state index contributed by atoms with van der Waals surface area (Å²) >= 11 is 0. The van der Waals surface area contributed by atoms with Gasteiger partial charge >= 0.3 is 0 Å². The molecule has 0 aliphatic heterocycles. The predicted octanol–water partition coefficient (Wildman–Crippen LogP) is 1.36. The first-order valence-electron chi connectivity index (χ1n) is 6.27. The van der Waals surface area contributed by atoms with E-state index in [1.165, 1.54) is 0 Å². The molecular weight excluding hydrogens is 240 g/mol. The third-order valence-corrected chi connectivity index (χ3v) is 3.06. The van der Waals surface area contributed by atoms with Gasteiger partial charge in [0.2, 0.25) is 0 Å². The first-order chi connectivity index (χ1) is 9.20. The summed E-state index contributed by atoms with van der Waals surface area (Å²) in [7, 11) is 1.82. The lowest BCUT2D eigenvalue weighted by Gasteiger charge is -2.16. The van der Waals surface area contributed by atoms with Crippen LogP contribution in [0.5, 0.6) is 0 Å². The Hall–Kier alpha value is -2.07. The average molecular weight is 258 g/mol. The van der Waals surface area contributed by atoms with E-state index in [1.54, 1.807) is 10.6 Å². The van der Waals surface area contributed by atoms with Gasteiger partial charge in [0.25, 0.3) is 5.91 Å². The Morgan fingerprint density at radius 3 is 2.58 bits per heavy atom. The summed E-state index contributed by atoms with van der Waals surface area (Å²) in [6.45, 7) is -0.0783. The normalized spacial score (nSPS) is 12.1. The lowest BCUT2D eigenvalue weighted by Crippen LogP contribution is -2.39. The van der Waals surface area contributed by atoms with Crippen LogP contribution < -0.4 is 5.32 Å². The second-order valence-corrected chi connectivity index (χ2v) is 4.55. The SMILES string of the molecule is Cn1cccc1C(=O)N[C@@H](CO)Cc1ccccc1. The molecule has 4 heteroatoms. The molecule has 1 amide bonds. The van der Waals surface area contributed by atoms with Crippen LogP contribution in [0.4, 0.5) is 0 Å². The highest BCUT2D eigenvalue weighted by Crippen LogP contribution is 2.05. The van der Waals surface area contributed by atoms with Crippen molar-refractivity contribution in [3.63, 3.8) is 0 Å². The second-order valence-electron chi connectivity index (χ2n) is 4.55. The zero-order chi connectivity index (χ0) is 13.7. The first kappa shape index (κ1) is 13.4. The number of nitrogens with zero attached hydrogens (tertiary/aromatic N) is 1. The van der Waals surface area contributed by atoms with E-state index in [4.69, 9.17) is 0 Å². The molecule has 0 unspecified atom stereocenters. The molecule has 2 N–H and O–H groups in total. The van der Waals surface area contributed by atoms with Gasteiger partial charge in [-0.15, -0.1) is 0 Å². The minimum atomic E-state index is -0.273. The Kier molecular flexibility index (Phi) is 4.36. The van der Waals surface area contributed by atoms with E-state index in [2.05, 4.69) is 5.32 Å². The summed E-state index contributed by atoms with van der Waals surface area (Å²) in [6, 6.07) is 13.1. The zero-order valence-corrected chi connectivity index (χ0v) is 10.9. The van der Waals surface area contributed by atoms with E-state index >= 15 is 0 Å². The molecule has 0 spiro atoms. The number of aliphatic hydroxyl groups excluding tert-OH is 1. The van der Waals surface area contributed by atoms with Gasteiger partial charge in [-0.2, -0.15) is 0 Å². The number of carbonyl (C=O) groups is 1. The van der Waals surface area contributed by atoms with Crippen molar-refractivity contribution >= 4 is 5.91 Å². The van der Waals surface area contributed by atoms with Gasteiger partial charge in [-0.25, -0.2) is 0 Å². The van der Waals surface area contributed by atoms with Crippen molar-refractivity contribution in [2.45, 2.75) is 12.5 Å². The number of carbonyl (C=O) groups excluding carboxylic acids is 1. The highest BCUT2D eigenvalue weighted by Gasteiger charge is 2.15. The fraction of sp³-hybridized carbons (Fsp3) is 0.267. The fourth-order valence-corrected chi connectivity index (χ4v) is 2.02. The fourth-order valence-electron chi connectivity index (χ4n) is 2.02. The Morgan fingerprint density at radius 1 is 1.26 bits per heavy atom. The third kappa shape index (κ3) is 3.45. The molecule has 2 aromatic rings. The number of benzene rings is 1. The molecule has 0 aliphatic rings. The van der Waals surface area contributed by atoms with Crippen LogP contribution in [0.2, 0.25) is 0 Å². The number of aryl methyl sites for hydroxylation is 1. The second kappa shape index (κ2) is 6.20. The van der Waals surface area contributed by atoms with Gasteiger partial charge in [-0.05, 0) is 24.1 Å². The number of aromatic nitrogens is 1. The number of nitrogens with one attached hydrogen (secondary N) is 1. The quantitative estimate of drug-likeness (QED) is 0.850. The topological polar surface area (TPSA) is 54.3 Å². The first-order valence-corrected chi connectivity index (χ1v) is 6.27. The molecule has 1 aromatic carbocycles. The lowest BCUT2D eigenvalue weighted by atomic mass is 10.1. The molecule has 1 heterocycles. The summed E-state index contributed by atoms with van der Waals surface area (Å²) in [5, 5.41) is 12.2. The van der Waals surface area contributed by atoms with E-state index in [1.807, 2.05) is 49.6 Å². The molecule has 19 heavy (non-hydrogen) atoms. The minimum absolute atomic E-state index is 0.0783. The van der Waals surface area contributed by atoms with Crippen molar-refractivity contribution in [3.8, 4) is 0 Å². The van der Waals surface area contributed by atoms with E-state index in [-0.39, 0.29) is 18.6 Å². The van der Waals surface area contributed by atoms with Crippen LogP contribution in [0.25, 0.3) is 0 Å². The maximum Gasteiger partial charge on any atom is 0.268 e. The van der Waals surface area contributed by atoms with Gasteiger partial charge in [0.15, 0.2) is 0 Å². The molecule has 4 nitrogen and oxygen atoms in total. The van der Waals surface area contributed by atoms with Crippen LogP contribution in [0, 0.1) is 0 Å². The van der Waals surface area contributed by atoms with Gasteiger partial charge in [0.1, 0.15) is 5.69 Å². The number of rotatable bonds is 5. The third-order valence-electron chi connectivity index (χ3n) is 3.06. The van der Waals surface area contributed by atoms with Crippen molar-refractivity contribution in [3.05, 3.63) is 59.9 Å². The van der Waals surface area contributed by atoms with Crippen molar-refractivity contribution in [2.75, 3.05) is 6.61 Å². The van der Waals surface area contributed by atoms with Gasteiger partial charge in [0.05, 0.1) is 12.6 Å². The largest absolute Gasteiger partial charge is 0.394 e. The number of hydrogen-bond donors (Lipinski definition) is 2. The highest BCUT2D eigenvalue weighted by atomic mass is 16.3. The van der Waals surface area contributed by atoms with Gasteiger partial charge in [-0.3, -0.25) is 4.79 Å². The van der Waals surface area contributed by atoms with Crippen LogP contribution in [0.3, 0.4) is 0 Å². The van der Waals surface area contributed by atoms with E-state index in [0.717, 1.165) is 5.56 Å². The Labute approximate surface area is 112 Å². The molecule has 0 fully saturated rings.